The van der Waals surface area contributed by atoms with Gasteiger partial charge < -0.3 is 13.9 Å². The van der Waals surface area contributed by atoms with Gasteiger partial charge in [0.2, 0.25) is 5.89 Å². The minimum Gasteiger partial charge on any atom is -0.497 e. The summed E-state index contributed by atoms with van der Waals surface area (Å²) in [6, 6.07) is 7.46. The summed E-state index contributed by atoms with van der Waals surface area (Å²) in [6.07, 6.45) is 0.452. The van der Waals surface area contributed by atoms with Crippen molar-refractivity contribution < 1.29 is 18.7 Å². The third-order valence-electron chi connectivity index (χ3n) is 2.34. The lowest BCUT2D eigenvalue weighted by molar-refractivity contribution is 0.0554. The van der Waals surface area contributed by atoms with E-state index in [1.807, 2.05) is 24.3 Å². The minimum absolute atomic E-state index is 0.138. The van der Waals surface area contributed by atoms with Crippen LogP contribution >= 0.6 is 0 Å². The number of esters is 1. The first-order valence-electron chi connectivity index (χ1n) is 5.26. The fraction of sp³-hybridized carbons (Fsp3) is 0.250. The Morgan fingerprint density at radius 2 is 1.94 bits per heavy atom. The van der Waals surface area contributed by atoms with Crippen molar-refractivity contribution in [1.29, 1.82) is 0 Å². The fourth-order valence-corrected chi connectivity index (χ4v) is 1.41. The van der Waals surface area contributed by atoms with E-state index in [-0.39, 0.29) is 5.89 Å². The van der Waals surface area contributed by atoms with Gasteiger partial charge in [-0.1, -0.05) is 12.1 Å². The number of nitrogens with zero attached hydrogens (tertiary/aromatic N) is 2. The molecular formula is C12H12N2O4. The van der Waals surface area contributed by atoms with Crippen LogP contribution in [-0.2, 0) is 11.2 Å². The second-order valence-corrected chi connectivity index (χ2v) is 3.52. The molecule has 0 aliphatic carbocycles. The summed E-state index contributed by atoms with van der Waals surface area (Å²) in [5.74, 6) is 0.365. The predicted octanol–water partition coefficient (Wildman–Crippen LogP) is 1.46. The molecule has 0 aliphatic heterocycles. The number of methoxy groups -OCH3 is 2. The third-order valence-corrected chi connectivity index (χ3v) is 2.34. The van der Waals surface area contributed by atoms with Crippen molar-refractivity contribution in [2.75, 3.05) is 14.2 Å². The molecule has 1 heterocycles. The summed E-state index contributed by atoms with van der Waals surface area (Å²) in [5, 5.41) is 7.38. The molecule has 1 aromatic heterocycles. The monoisotopic (exact) mass is 248 g/mol. The van der Waals surface area contributed by atoms with Gasteiger partial charge in [-0.2, -0.15) is 0 Å². The van der Waals surface area contributed by atoms with Crippen LogP contribution in [0.4, 0.5) is 0 Å². The van der Waals surface area contributed by atoms with E-state index in [0.717, 1.165) is 11.3 Å². The number of aromatic nitrogens is 2. The quantitative estimate of drug-likeness (QED) is 0.762. The molecule has 0 fully saturated rings. The van der Waals surface area contributed by atoms with Crippen LogP contribution in [0.25, 0.3) is 0 Å². The molecule has 0 aliphatic rings. The van der Waals surface area contributed by atoms with Gasteiger partial charge >= 0.3 is 11.9 Å². The van der Waals surface area contributed by atoms with Crippen molar-refractivity contribution >= 4 is 5.97 Å². The Bertz CT molecular complexity index is 533. The number of hydrogen-bond donors (Lipinski definition) is 0. The molecule has 6 heteroatoms. The molecule has 0 atom stereocenters. The standard InChI is InChI=1S/C12H12N2O4/c1-16-9-5-3-8(4-6-9)7-10-13-14-11(18-10)12(15)17-2/h3-6H,7H2,1-2H3. The highest BCUT2D eigenvalue weighted by Gasteiger charge is 2.14. The second kappa shape index (κ2) is 5.31. The van der Waals surface area contributed by atoms with Crippen LogP contribution in [-0.4, -0.2) is 30.4 Å². The number of carbonyl (C=O) groups is 1. The molecule has 2 aromatic rings. The number of hydrogen-bond acceptors (Lipinski definition) is 6. The van der Waals surface area contributed by atoms with Gasteiger partial charge in [0.05, 0.1) is 20.6 Å². The van der Waals surface area contributed by atoms with E-state index in [1.54, 1.807) is 7.11 Å². The normalized spacial score (nSPS) is 10.1. The number of carbonyl (C=O) groups excluding carboxylic acids is 1. The Morgan fingerprint density at radius 3 is 2.56 bits per heavy atom. The highest BCUT2D eigenvalue weighted by molar-refractivity contribution is 5.83. The lowest BCUT2D eigenvalue weighted by atomic mass is 10.1. The first-order valence-corrected chi connectivity index (χ1v) is 5.26. The average Bonchev–Trinajstić information content (AvgIpc) is 2.87. The van der Waals surface area contributed by atoms with Gasteiger partial charge in [0, 0.05) is 0 Å². The van der Waals surface area contributed by atoms with Crippen molar-refractivity contribution in [2.24, 2.45) is 0 Å². The maximum Gasteiger partial charge on any atom is 0.396 e. The Labute approximate surface area is 104 Å². The van der Waals surface area contributed by atoms with Gasteiger partial charge in [-0.05, 0) is 17.7 Å². The van der Waals surface area contributed by atoms with Crippen molar-refractivity contribution in [2.45, 2.75) is 6.42 Å². The van der Waals surface area contributed by atoms with Gasteiger partial charge in [0.25, 0.3) is 0 Å². The molecule has 18 heavy (non-hydrogen) atoms. The number of rotatable bonds is 4. The molecule has 0 radical (unpaired) electrons. The smallest absolute Gasteiger partial charge is 0.396 e. The first-order chi connectivity index (χ1) is 8.72. The van der Waals surface area contributed by atoms with Crippen molar-refractivity contribution in [3.05, 3.63) is 41.6 Å². The van der Waals surface area contributed by atoms with Crippen LogP contribution in [0, 0.1) is 0 Å². The molecule has 6 nitrogen and oxygen atoms in total. The summed E-state index contributed by atoms with van der Waals surface area (Å²) in [7, 11) is 2.87. The number of ether oxygens (including phenoxy) is 2. The molecule has 0 spiro atoms. The lowest BCUT2D eigenvalue weighted by Crippen LogP contribution is -2.00. The summed E-state index contributed by atoms with van der Waals surface area (Å²) in [5.41, 5.74) is 0.982. The van der Waals surface area contributed by atoms with Crippen molar-refractivity contribution in [3.8, 4) is 5.75 Å². The maximum absolute atomic E-state index is 11.1. The molecule has 0 unspecified atom stereocenters. The summed E-state index contributed by atoms with van der Waals surface area (Å²) in [6.45, 7) is 0. The SMILES string of the molecule is COC(=O)c1nnc(Cc2ccc(OC)cc2)o1. The van der Waals surface area contributed by atoms with Gasteiger partial charge in [0.15, 0.2) is 0 Å². The second-order valence-electron chi connectivity index (χ2n) is 3.52. The molecule has 0 bridgehead atoms. The van der Waals surface area contributed by atoms with E-state index in [4.69, 9.17) is 9.15 Å². The Hall–Kier alpha value is -2.37. The van der Waals surface area contributed by atoms with E-state index in [2.05, 4.69) is 14.9 Å². The van der Waals surface area contributed by atoms with E-state index in [9.17, 15) is 4.79 Å². The van der Waals surface area contributed by atoms with Crippen LogP contribution in [0.5, 0.6) is 5.75 Å². The predicted molar refractivity (Wildman–Crippen MR) is 61.4 cm³/mol. The third kappa shape index (κ3) is 2.65. The van der Waals surface area contributed by atoms with Crippen LogP contribution < -0.4 is 4.74 Å². The first kappa shape index (κ1) is 12.1. The van der Waals surface area contributed by atoms with Crippen molar-refractivity contribution in [3.63, 3.8) is 0 Å². The largest absolute Gasteiger partial charge is 0.497 e. The van der Waals surface area contributed by atoms with Gasteiger partial charge in [-0.3, -0.25) is 0 Å². The molecule has 2 rings (SSSR count). The van der Waals surface area contributed by atoms with Gasteiger partial charge in [-0.15, -0.1) is 10.2 Å². The van der Waals surface area contributed by atoms with Crippen LogP contribution in [0.15, 0.2) is 28.7 Å². The Balaban J connectivity index is 2.08. The molecule has 94 valence electrons. The van der Waals surface area contributed by atoms with E-state index >= 15 is 0 Å². The summed E-state index contributed by atoms with van der Waals surface area (Å²) < 4.78 is 14.7. The minimum atomic E-state index is -0.636. The van der Waals surface area contributed by atoms with E-state index in [0.29, 0.717) is 12.3 Å². The topological polar surface area (TPSA) is 74.5 Å². The summed E-state index contributed by atoms with van der Waals surface area (Å²) >= 11 is 0. The molecule has 0 N–H and O–H groups in total. The van der Waals surface area contributed by atoms with Crippen LogP contribution in [0.2, 0.25) is 0 Å². The molecule has 0 saturated heterocycles. The molecule has 1 aromatic carbocycles. The molecule has 0 amide bonds. The maximum atomic E-state index is 11.1. The van der Waals surface area contributed by atoms with Gasteiger partial charge in [0.1, 0.15) is 5.75 Å². The van der Waals surface area contributed by atoms with Crippen molar-refractivity contribution in [1.82, 2.24) is 10.2 Å². The molecule has 0 saturated carbocycles. The fourth-order valence-electron chi connectivity index (χ4n) is 1.41. The number of benzene rings is 1. The highest BCUT2D eigenvalue weighted by Crippen LogP contribution is 2.14. The lowest BCUT2D eigenvalue weighted by Gasteiger charge is -2.00. The summed E-state index contributed by atoms with van der Waals surface area (Å²) in [4.78, 5) is 11.1. The zero-order chi connectivity index (χ0) is 13.0. The zero-order valence-corrected chi connectivity index (χ0v) is 10.0. The van der Waals surface area contributed by atoms with Crippen LogP contribution in [0.1, 0.15) is 22.1 Å². The Morgan fingerprint density at radius 1 is 1.22 bits per heavy atom. The Kier molecular flexibility index (Phi) is 3.57. The highest BCUT2D eigenvalue weighted by atomic mass is 16.5. The van der Waals surface area contributed by atoms with E-state index in [1.165, 1.54) is 7.11 Å². The zero-order valence-electron chi connectivity index (χ0n) is 10.0. The van der Waals surface area contributed by atoms with Crippen LogP contribution in [0.3, 0.4) is 0 Å². The average molecular weight is 248 g/mol. The van der Waals surface area contributed by atoms with E-state index < -0.39 is 5.97 Å². The molecular weight excluding hydrogens is 236 g/mol. The van der Waals surface area contributed by atoms with Gasteiger partial charge in [-0.25, -0.2) is 4.79 Å².